The molecule has 11 heteroatoms. The molecule has 0 saturated heterocycles. The van der Waals surface area contributed by atoms with Crippen LogP contribution in [0, 0.1) is 11.8 Å². The van der Waals surface area contributed by atoms with Crippen molar-refractivity contribution in [2.75, 3.05) is 38.8 Å². The number of nitrogens with two attached hydrogens (primary N) is 2. The number of carbonyl (C=O) groups is 3. The van der Waals surface area contributed by atoms with Gasteiger partial charge in [0, 0.05) is 31.3 Å². The van der Waals surface area contributed by atoms with E-state index in [-0.39, 0.29) is 29.7 Å². The minimum atomic E-state index is -2.77. The zero-order valence-corrected chi connectivity index (χ0v) is 20.2. The number of hydrogen-bond donors (Lipinski definition) is 6. The summed E-state index contributed by atoms with van der Waals surface area (Å²) in [5.41, 5.74) is 7.08. The molecule has 3 aliphatic carbocycles. The van der Waals surface area contributed by atoms with Crippen LogP contribution in [-0.4, -0.2) is 82.1 Å². The molecule has 35 heavy (non-hydrogen) atoms. The second-order valence-corrected chi connectivity index (χ2v) is 10.1. The number of rotatable bonds is 3. The van der Waals surface area contributed by atoms with Gasteiger partial charge in [-0.2, -0.15) is 0 Å². The minimum absolute atomic E-state index is 0.00953. The third kappa shape index (κ3) is 2.88. The maximum atomic E-state index is 13.9. The van der Waals surface area contributed by atoms with Gasteiger partial charge in [-0.1, -0.05) is 0 Å². The monoisotopic (exact) mass is 486 g/mol. The number of likely N-dealkylation sites (N-methyl/N-ethyl adjacent to an activating group) is 1. The second-order valence-electron chi connectivity index (χ2n) is 10.1. The van der Waals surface area contributed by atoms with Crippen LogP contribution in [0.5, 0.6) is 5.75 Å². The predicted molar refractivity (Wildman–Crippen MR) is 128 cm³/mol. The van der Waals surface area contributed by atoms with Gasteiger partial charge in [-0.25, -0.2) is 0 Å². The van der Waals surface area contributed by atoms with E-state index in [4.69, 9.17) is 11.5 Å². The molecule has 0 aliphatic heterocycles. The number of primary amides is 1. The van der Waals surface area contributed by atoms with Gasteiger partial charge in [0.25, 0.3) is 5.91 Å². The molecule has 0 bridgehead atoms. The molecule has 1 unspecified atom stereocenters. The lowest BCUT2D eigenvalue weighted by atomic mass is 9.53. The van der Waals surface area contributed by atoms with Crippen LogP contribution in [-0.2, 0) is 20.8 Å². The smallest absolute Gasteiger partial charge is 0.255 e. The zero-order valence-electron chi connectivity index (χ0n) is 20.2. The number of phenolic OH excluding ortho intramolecular Hbond substituents is 1. The molecule has 0 spiro atoms. The van der Waals surface area contributed by atoms with Crippen molar-refractivity contribution in [3.05, 3.63) is 34.1 Å². The third-order valence-corrected chi connectivity index (χ3v) is 8.00. The molecule has 8 N–H and O–H groups in total. The van der Waals surface area contributed by atoms with Gasteiger partial charge >= 0.3 is 0 Å². The van der Waals surface area contributed by atoms with E-state index < -0.39 is 63.3 Å². The average Bonchev–Trinajstić information content (AvgIpc) is 2.76. The summed E-state index contributed by atoms with van der Waals surface area (Å²) in [7, 11) is 6.70. The normalized spacial score (nSPS) is 30.3. The van der Waals surface area contributed by atoms with E-state index in [1.165, 1.54) is 11.8 Å². The number of aromatic hydroxyl groups is 1. The van der Waals surface area contributed by atoms with E-state index >= 15 is 0 Å². The summed E-state index contributed by atoms with van der Waals surface area (Å²) >= 11 is 0. The summed E-state index contributed by atoms with van der Waals surface area (Å²) in [4.78, 5) is 42.6. The first kappa shape index (κ1) is 24.6. The maximum absolute atomic E-state index is 13.9. The fraction of sp³-hybridized carbons (Fsp3) is 0.458. The standard InChI is InChI=1S/C24H30N4O7/c1-23(28(4)5)13-7-9-6-10-12(27(2)3)8-11(25)17(29)15(10)18(30)14(9)20(32)24(13,35)21(33)16(19(23)31)22(26)34/h8-9,13,29-31,35H,6-7,25H2,1-5H3,(H2,26,34)/t9-,13-,23?,24-/m0/s1. The van der Waals surface area contributed by atoms with E-state index in [0.29, 0.717) is 11.3 Å². The fourth-order valence-corrected chi connectivity index (χ4v) is 5.93. The molecule has 4 rings (SSSR count). The Balaban J connectivity index is 2.03. The second kappa shape index (κ2) is 7.46. The first-order chi connectivity index (χ1) is 16.1. The Bertz CT molecular complexity index is 1260. The molecular weight excluding hydrogens is 456 g/mol. The van der Waals surface area contributed by atoms with Crippen LogP contribution in [0.15, 0.2) is 23.0 Å². The first-order valence-corrected chi connectivity index (χ1v) is 11.1. The van der Waals surface area contributed by atoms with Gasteiger partial charge in [0.1, 0.15) is 22.8 Å². The van der Waals surface area contributed by atoms with Gasteiger partial charge in [0.05, 0.1) is 16.8 Å². The number of ketones is 2. The number of carbonyl (C=O) groups excluding carboxylic acids is 3. The Morgan fingerprint density at radius 1 is 1.11 bits per heavy atom. The topological polar surface area (TPSA) is 191 Å². The molecule has 0 heterocycles. The fourth-order valence-electron chi connectivity index (χ4n) is 5.93. The largest absolute Gasteiger partial charge is 0.509 e. The summed E-state index contributed by atoms with van der Waals surface area (Å²) in [6.07, 6.45) is 0.203. The number of nitrogens with zero attached hydrogens (tertiary/aromatic N) is 2. The summed E-state index contributed by atoms with van der Waals surface area (Å²) in [6.45, 7) is 1.52. The molecule has 0 radical (unpaired) electrons. The highest BCUT2D eigenvalue weighted by Crippen LogP contribution is 2.56. The Morgan fingerprint density at radius 3 is 2.23 bits per heavy atom. The molecule has 188 valence electrons. The summed E-state index contributed by atoms with van der Waals surface area (Å²) in [6, 6.07) is 1.56. The Labute approximate surface area is 201 Å². The van der Waals surface area contributed by atoms with Crippen LogP contribution in [0.2, 0.25) is 0 Å². The summed E-state index contributed by atoms with van der Waals surface area (Å²) in [5.74, 6) is -7.13. The maximum Gasteiger partial charge on any atom is 0.255 e. The number of Topliss-reactive ketones (excluding diaryl/α,β-unsaturated/α-hetero) is 2. The van der Waals surface area contributed by atoms with Gasteiger partial charge in [0.2, 0.25) is 11.6 Å². The molecule has 11 nitrogen and oxygen atoms in total. The van der Waals surface area contributed by atoms with Gasteiger partial charge in [0.15, 0.2) is 5.60 Å². The van der Waals surface area contributed by atoms with E-state index in [2.05, 4.69) is 0 Å². The molecule has 1 amide bonds. The van der Waals surface area contributed by atoms with Crippen molar-refractivity contribution in [2.24, 2.45) is 17.6 Å². The number of phenols is 1. The van der Waals surface area contributed by atoms with Gasteiger partial charge < -0.3 is 36.8 Å². The molecular formula is C24H30N4O7. The number of amides is 1. The number of aliphatic hydroxyl groups is 3. The molecule has 0 aromatic heterocycles. The average molecular weight is 487 g/mol. The summed E-state index contributed by atoms with van der Waals surface area (Å²) < 4.78 is 0. The number of aliphatic hydroxyl groups excluding tert-OH is 2. The molecule has 1 saturated carbocycles. The van der Waals surface area contributed by atoms with Crippen molar-refractivity contribution in [1.82, 2.24) is 4.90 Å². The van der Waals surface area contributed by atoms with Crippen molar-refractivity contribution >= 4 is 34.6 Å². The number of benzene rings is 1. The SMILES string of the molecule is CN(C)c1cc(N)c(O)c2c1C[C@H]1C[C@H]3C(C)(N(C)C)C(O)=C(C(N)=O)C(=O)[C@@]3(O)C(=O)C1=C2O. The minimum Gasteiger partial charge on any atom is -0.509 e. The molecule has 1 aromatic carbocycles. The lowest BCUT2D eigenvalue weighted by Crippen LogP contribution is -2.71. The van der Waals surface area contributed by atoms with E-state index in [0.717, 1.165) is 0 Å². The Morgan fingerprint density at radius 2 is 1.71 bits per heavy atom. The highest BCUT2D eigenvalue weighted by Gasteiger charge is 2.68. The van der Waals surface area contributed by atoms with Crippen LogP contribution in [0.4, 0.5) is 11.4 Å². The van der Waals surface area contributed by atoms with Gasteiger partial charge in [-0.05, 0) is 51.4 Å². The van der Waals surface area contributed by atoms with Crippen LogP contribution in [0.25, 0.3) is 5.76 Å². The van der Waals surface area contributed by atoms with Crippen molar-refractivity contribution in [2.45, 2.75) is 30.9 Å². The van der Waals surface area contributed by atoms with Crippen molar-refractivity contribution in [3.63, 3.8) is 0 Å². The zero-order chi connectivity index (χ0) is 26.4. The quantitative estimate of drug-likeness (QED) is 0.147. The van der Waals surface area contributed by atoms with E-state index in [1.807, 2.05) is 0 Å². The first-order valence-electron chi connectivity index (χ1n) is 11.1. The lowest BCUT2D eigenvalue weighted by Gasteiger charge is -2.55. The number of hydrogen-bond acceptors (Lipinski definition) is 10. The highest BCUT2D eigenvalue weighted by atomic mass is 16.3. The van der Waals surface area contributed by atoms with Crippen LogP contribution >= 0.6 is 0 Å². The third-order valence-electron chi connectivity index (χ3n) is 8.00. The van der Waals surface area contributed by atoms with Crippen molar-refractivity contribution in [3.8, 4) is 5.75 Å². The lowest BCUT2D eigenvalue weighted by molar-refractivity contribution is -0.168. The number of nitrogen functional groups attached to an aromatic ring is 1. The van der Waals surface area contributed by atoms with E-state index in [9.17, 15) is 34.8 Å². The van der Waals surface area contributed by atoms with Gasteiger partial charge in [-0.3, -0.25) is 19.3 Å². The molecule has 3 aliphatic rings. The predicted octanol–water partition coefficient (Wildman–Crippen LogP) is 0.00230. The van der Waals surface area contributed by atoms with Crippen LogP contribution < -0.4 is 16.4 Å². The number of fused-ring (bicyclic) bond motifs is 3. The Hall–Kier alpha value is -3.57. The molecule has 4 atom stereocenters. The molecule has 1 aromatic rings. The summed E-state index contributed by atoms with van der Waals surface area (Å²) in [5, 5.41) is 44.6. The van der Waals surface area contributed by atoms with Crippen molar-refractivity contribution < 1.29 is 34.8 Å². The van der Waals surface area contributed by atoms with Crippen LogP contribution in [0.3, 0.4) is 0 Å². The Kier molecular flexibility index (Phi) is 5.23. The van der Waals surface area contributed by atoms with Crippen molar-refractivity contribution in [1.29, 1.82) is 0 Å². The van der Waals surface area contributed by atoms with E-state index in [1.54, 1.807) is 39.2 Å². The van der Waals surface area contributed by atoms with Crippen LogP contribution in [0.1, 0.15) is 24.5 Å². The van der Waals surface area contributed by atoms with Gasteiger partial charge in [-0.15, -0.1) is 0 Å². The number of anilines is 2. The molecule has 1 fully saturated rings. The highest BCUT2D eigenvalue weighted by molar-refractivity contribution is 6.33.